The lowest BCUT2D eigenvalue weighted by Crippen LogP contribution is -2.45. The summed E-state index contributed by atoms with van der Waals surface area (Å²) in [5.41, 5.74) is 0. The van der Waals surface area contributed by atoms with E-state index in [0.29, 0.717) is 19.4 Å². The molecule has 0 radical (unpaired) electrons. The molecule has 0 aliphatic rings. The van der Waals surface area contributed by atoms with Crippen molar-refractivity contribution in [2.24, 2.45) is 0 Å². The Labute approximate surface area is 576 Å². The van der Waals surface area contributed by atoms with Gasteiger partial charge in [0.25, 0.3) is 0 Å². The number of ether oxygens (including phenoxy) is 1. The summed E-state index contributed by atoms with van der Waals surface area (Å²) in [6.45, 7) is 4.95. The quantitative estimate of drug-likeness (QED) is 0.0320. The van der Waals surface area contributed by atoms with Crippen LogP contribution in [0, 0.1) is 0 Å². The average Bonchev–Trinajstić information content (AvgIpc) is 3.77. The van der Waals surface area contributed by atoms with Crippen molar-refractivity contribution >= 4 is 11.9 Å². The molecule has 0 aromatic heterocycles. The second-order valence-electron chi connectivity index (χ2n) is 29.2. The van der Waals surface area contributed by atoms with E-state index in [1.165, 1.54) is 405 Å². The summed E-state index contributed by atoms with van der Waals surface area (Å²) < 4.78 is 5.48. The Morgan fingerprint density at radius 3 is 0.826 bits per heavy atom. The molecule has 0 aliphatic carbocycles. The molecule has 2 unspecified atom stereocenters. The van der Waals surface area contributed by atoms with E-state index in [1.807, 2.05) is 6.08 Å². The highest BCUT2D eigenvalue weighted by molar-refractivity contribution is 5.76. The Balaban J connectivity index is 3.38. The fourth-order valence-electron chi connectivity index (χ4n) is 13.5. The molecule has 0 bridgehead atoms. The molecular weight excluding hydrogens is 1130 g/mol. The molecule has 0 aromatic rings. The average molecular weight is 1290 g/mol. The standard InChI is InChI=1S/C86H165NO5/c1-3-5-7-9-11-13-15-16-17-18-19-20-21-37-40-43-46-49-52-55-59-62-66-70-74-78-84(89)83(82-88)87-85(90)79-75-71-67-63-60-56-53-50-47-44-41-38-35-33-31-29-27-25-23-22-24-26-28-30-32-34-36-39-42-45-48-51-54-57-61-65-69-73-77-81-92-86(91)80-76-72-68-64-58-14-12-10-8-6-4-2/h22-23,26,28,74,78,83-84,88-89H,3-21,24-25,27,29-73,75-77,79-82H2,1-2H3,(H,87,90)/b23-22-,28-26-,78-74+. The second kappa shape index (κ2) is 81.5. The number of allylic oxidation sites excluding steroid dienone is 5. The van der Waals surface area contributed by atoms with E-state index in [-0.39, 0.29) is 18.5 Å². The third kappa shape index (κ3) is 77.1. The first kappa shape index (κ1) is 90.1. The molecule has 1 amide bonds. The van der Waals surface area contributed by atoms with Crippen molar-refractivity contribution in [2.45, 2.75) is 488 Å². The van der Waals surface area contributed by atoms with Crippen LogP contribution in [0.25, 0.3) is 0 Å². The van der Waals surface area contributed by atoms with E-state index >= 15 is 0 Å². The van der Waals surface area contributed by atoms with Gasteiger partial charge in [0.05, 0.1) is 25.4 Å². The zero-order chi connectivity index (χ0) is 66.3. The molecule has 0 rings (SSSR count). The highest BCUT2D eigenvalue weighted by Crippen LogP contribution is 2.20. The van der Waals surface area contributed by atoms with Crippen LogP contribution in [0.5, 0.6) is 0 Å². The summed E-state index contributed by atoms with van der Waals surface area (Å²) in [6, 6.07) is -0.627. The molecule has 0 saturated heterocycles. The molecule has 0 aromatic carbocycles. The van der Waals surface area contributed by atoms with Crippen molar-refractivity contribution in [2.75, 3.05) is 13.2 Å². The SMILES string of the molecule is CCCCCCCCCCCCCCCCCCCCCCCCC/C=C/C(O)C(CO)NC(=O)CCCCCCCCCCCCCCCCCCC/C=C\C/C=C\CCCCCCCCCCCCCCCCCOC(=O)CCCCCCCCCCCCC. The number of hydrogen-bond acceptors (Lipinski definition) is 5. The maximum atomic E-state index is 12.6. The van der Waals surface area contributed by atoms with Crippen LogP contribution in [0.3, 0.4) is 0 Å². The predicted molar refractivity (Wildman–Crippen MR) is 407 cm³/mol. The van der Waals surface area contributed by atoms with Gasteiger partial charge in [-0.2, -0.15) is 0 Å². The van der Waals surface area contributed by atoms with Gasteiger partial charge in [-0.3, -0.25) is 9.59 Å². The highest BCUT2D eigenvalue weighted by atomic mass is 16.5. The number of aliphatic hydroxyl groups excluding tert-OH is 2. The van der Waals surface area contributed by atoms with Gasteiger partial charge >= 0.3 is 5.97 Å². The number of carbonyl (C=O) groups excluding carboxylic acids is 2. The van der Waals surface area contributed by atoms with Crippen molar-refractivity contribution < 1.29 is 24.5 Å². The van der Waals surface area contributed by atoms with Gasteiger partial charge in [0, 0.05) is 12.8 Å². The van der Waals surface area contributed by atoms with E-state index < -0.39 is 12.1 Å². The maximum absolute atomic E-state index is 12.6. The highest BCUT2D eigenvalue weighted by Gasteiger charge is 2.18. The minimum Gasteiger partial charge on any atom is -0.466 e. The van der Waals surface area contributed by atoms with Crippen LogP contribution >= 0.6 is 0 Å². The largest absolute Gasteiger partial charge is 0.466 e. The summed E-state index contributed by atoms with van der Waals surface area (Å²) >= 11 is 0. The number of nitrogens with one attached hydrogen (secondary N) is 1. The van der Waals surface area contributed by atoms with Crippen LogP contribution in [-0.2, 0) is 14.3 Å². The van der Waals surface area contributed by atoms with Gasteiger partial charge in [-0.05, 0) is 64.2 Å². The van der Waals surface area contributed by atoms with Gasteiger partial charge < -0.3 is 20.3 Å². The maximum Gasteiger partial charge on any atom is 0.305 e. The number of esters is 1. The Morgan fingerprint density at radius 1 is 0.304 bits per heavy atom. The van der Waals surface area contributed by atoms with E-state index in [0.717, 1.165) is 44.9 Å². The molecule has 3 N–H and O–H groups in total. The lowest BCUT2D eigenvalue weighted by molar-refractivity contribution is -0.143. The topological polar surface area (TPSA) is 95.9 Å². The van der Waals surface area contributed by atoms with Crippen molar-refractivity contribution in [3.05, 3.63) is 36.5 Å². The van der Waals surface area contributed by atoms with Crippen molar-refractivity contribution in [1.82, 2.24) is 5.32 Å². The van der Waals surface area contributed by atoms with Gasteiger partial charge in [0.15, 0.2) is 0 Å². The number of unbranched alkanes of at least 4 members (excludes halogenated alkanes) is 65. The molecular formula is C86H165NO5. The van der Waals surface area contributed by atoms with Crippen LogP contribution < -0.4 is 5.32 Å². The van der Waals surface area contributed by atoms with Gasteiger partial charge in [0.2, 0.25) is 5.91 Å². The smallest absolute Gasteiger partial charge is 0.305 e. The molecule has 6 heteroatoms. The lowest BCUT2D eigenvalue weighted by Gasteiger charge is -2.20. The van der Waals surface area contributed by atoms with Gasteiger partial charge in [0.1, 0.15) is 0 Å². The number of amides is 1. The molecule has 0 fully saturated rings. The van der Waals surface area contributed by atoms with Crippen molar-refractivity contribution in [3.8, 4) is 0 Å². The van der Waals surface area contributed by atoms with E-state index in [9.17, 15) is 19.8 Å². The van der Waals surface area contributed by atoms with Gasteiger partial charge in [-0.1, -0.05) is 436 Å². The predicted octanol–water partition coefficient (Wildman–Crippen LogP) is 28.2. The van der Waals surface area contributed by atoms with Crippen molar-refractivity contribution in [1.29, 1.82) is 0 Å². The lowest BCUT2D eigenvalue weighted by atomic mass is 10.0. The molecule has 0 heterocycles. The number of aliphatic hydroxyl groups is 2. The molecule has 6 nitrogen and oxygen atoms in total. The van der Waals surface area contributed by atoms with Crippen LogP contribution in [-0.4, -0.2) is 47.4 Å². The first-order valence-corrected chi connectivity index (χ1v) is 42.3. The molecule has 0 aliphatic heterocycles. The number of rotatable bonds is 80. The summed E-state index contributed by atoms with van der Waals surface area (Å²) in [6.07, 6.45) is 107. The molecule has 0 saturated carbocycles. The molecule has 92 heavy (non-hydrogen) atoms. The van der Waals surface area contributed by atoms with E-state index in [1.54, 1.807) is 6.08 Å². The van der Waals surface area contributed by atoms with Crippen LogP contribution in [0.4, 0.5) is 0 Å². The minimum absolute atomic E-state index is 0.0206. The zero-order valence-electron chi connectivity index (χ0n) is 62.6. The Hall–Kier alpha value is -1.92. The van der Waals surface area contributed by atoms with Crippen LogP contribution in [0.15, 0.2) is 36.5 Å². The summed E-state index contributed by atoms with van der Waals surface area (Å²) in [4.78, 5) is 24.6. The second-order valence-corrected chi connectivity index (χ2v) is 29.2. The Kier molecular flexibility index (Phi) is 79.8. The third-order valence-corrected chi connectivity index (χ3v) is 19.9. The summed E-state index contributed by atoms with van der Waals surface area (Å²) in [5, 5.41) is 23.3. The van der Waals surface area contributed by atoms with Crippen LogP contribution in [0.1, 0.15) is 476 Å². The Morgan fingerprint density at radius 2 is 0.543 bits per heavy atom. The fraction of sp³-hybridized carbons (Fsp3) is 0.907. The number of hydrogen-bond donors (Lipinski definition) is 3. The van der Waals surface area contributed by atoms with Crippen LogP contribution in [0.2, 0.25) is 0 Å². The summed E-state index contributed by atoms with van der Waals surface area (Å²) in [7, 11) is 0. The molecule has 544 valence electrons. The van der Waals surface area contributed by atoms with E-state index in [4.69, 9.17) is 4.74 Å². The zero-order valence-corrected chi connectivity index (χ0v) is 62.6. The first-order valence-electron chi connectivity index (χ1n) is 42.3. The fourth-order valence-corrected chi connectivity index (χ4v) is 13.5. The molecule has 0 spiro atoms. The van der Waals surface area contributed by atoms with Gasteiger partial charge in [-0.15, -0.1) is 0 Å². The minimum atomic E-state index is -0.844. The van der Waals surface area contributed by atoms with Gasteiger partial charge in [-0.25, -0.2) is 0 Å². The number of carbonyl (C=O) groups is 2. The van der Waals surface area contributed by atoms with Crippen molar-refractivity contribution in [3.63, 3.8) is 0 Å². The molecule has 2 atom stereocenters. The summed E-state index contributed by atoms with van der Waals surface area (Å²) in [5.74, 6) is -0.0388. The first-order chi connectivity index (χ1) is 45.5. The monoisotopic (exact) mass is 1290 g/mol. The van der Waals surface area contributed by atoms with E-state index in [2.05, 4.69) is 43.5 Å². The normalized spacial score (nSPS) is 12.6. The Bertz CT molecular complexity index is 1490. The third-order valence-electron chi connectivity index (χ3n) is 19.9.